The molecule has 1 aliphatic carbocycles. The van der Waals surface area contributed by atoms with Gasteiger partial charge in [-0.1, -0.05) is 31.2 Å². The van der Waals surface area contributed by atoms with E-state index in [4.69, 9.17) is 0 Å². The van der Waals surface area contributed by atoms with E-state index in [1.54, 1.807) is 0 Å². The topological polar surface area (TPSA) is 20.2 Å². The van der Waals surface area contributed by atoms with Gasteiger partial charge < -0.3 is 5.11 Å². The number of benzene rings is 1. The summed E-state index contributed by atoms with van der Waals surface area (Å²) < 4.78 is 0. The normalized spacial score (nSPS) is 28.5. The number of aliphatic hydroxyl groups excluding tert-OH is 1. The molecule has 1 unspecified atom stereocenters. The van der Waals surface area contributed by atoms with Gasteiger partial charge in [0.15, 0.2) is 0 Å². The fourth-order valence-corrected chi connectivity index (χ4v) is 1.85. The molecule has 1 heteroatoms. The quantitative estimate of drug-likeness (QED) is 0.598. The molecule has 1 aromatic carbocycles. The maximum atomic E-state index is 9.55. The van der Waals surface area contributed by atoms with E-state index in [0.717, 1.165) is 12.0 Å². The Morgan fingerprint density at radius 1 is 1.27 bits per heavy atom. The highest BCUT2D eigenvalue weighted by Gasteiger charge is 2.25. The summed E-state index contributed by atoms with van der Waals surface area (Å²) in [5, 5.41) is 9.55. The maximum absolute atomic E-state index is 9.55. The average molecular weight is 148 g/mol. The predicted molar refractivity (Wildman–Crippen MR) is 44.4 cm³/mol. The van der Waals surface area contributed by atoms with E-state index in [1.807, 2.05) is 18.2 Å². The predicted octanol–water partition coefficient (Wildman–Crippen LogP) is 2.23. The minimum absolute atomic E-state index is 0.221. The Bertz CT molecular complexity index is 240. The van der Waals surface area contributed by atoms with E-state index in [0.29, 0.717) is 5.92 Å². The average Bonchev–Trinajstić information content (AvgIpc) is 2.30. The lowest BCUT2D eigenvalue weighted by molar-refractivity contribution is 0.174. The van der Waals surface area contributed by atoms with Gasteiger partial charge in [-0.3, -0.25) is 0 Å². The Labute approximate surface area is 66.7 Å². The van der Waals surface area contributed by atoms with Gasteiger partial charge in [-0.25, -0.2) is 0 Å². The third kappa shape index (κ3) is 0.962. The Morgan fingerprint density at radius 3 is 2.55 bits per heavy atom. The lowest BCUT2D eigenvalue weighted by Gasteiger charge is -2.01. The summed E-state index contributed by atoms with van der Waals surface area (Å²) in [6.45, 7) is 2.16. The minimum Gasteiger partial charge on any atom is -0.388 e. The molecule has 0 aromatic heterocycles. The molecule has 2 atom stereocenters. The third-order valence-electron chi connectivity index (χ3n) is 2.46. The molecule has 2 rings (SSSR count). The van der Waals surface area contributed by atoms with E-state index >= 15 is 0 Å². The molecule has 0 spiro atoms. The van der Waals surface area contributed by atoms with Gasteiger partial charge in [-0.15, -0.1) is 0 Å². The van der Waals surface area contributed by atoms with Crippen molar-refractivity contribution in [1.29, 1.82) is 0 Å². The molecule has 1 aromatic rings. The van der Waals surface area contributed by atoms with Gasteiger partial charge in [0.25, 0.3) is 0 Å². The highest BCUT2D eigenvalue weighted by molar-refractivity contribution is 5.36. The largest absolute Gasteiger partial charge is 0.388 e. The summed E-state index contributed by atoms with van der Waals surface area (Å²) in [5.41, 5.74) is 2.44. The van der Waals surface area contributed by atoms with Crippen LogP contribution in [0.4, 0.5) is 0 Å². The maximum Gasteiger partial charge on any atom is 0.0798 e. The van der Waals surface area contributed by atoms with Gasteiger partial charge in [0.1, 0.15) is 0 Å². The second-order valence-corrected chi connectivity index (χ2v) is 3.28. The van der Waals surface area contributed by atoms with Crippen molar-refractivity contribution in [3.05, 3.63) is 35.4 Å². The van der Waals surface area contributed by atoms with Crippen molar-refractivity contribution in [3.8, 4) is 0 Å². The summed E-state index contributed by atoms with van der Waals surface area (Å²) in [6, 6.07) is 8.15. The first-order valence-electron chi connectivity index (χ1n) is 4.06. The summed E-state index contributed by atoms with van der Waals surface area (Å²) in [7, 11) is 0. The molecule has 0 fully saturated rings. The van der Waals surface area contributed by atoms with Gasteiger partial charge in [0.2, 0.25) is 0 Å². The fourth-order valence-electron chi connectivity index (χ4n) is 1.85. The highest BCUT2D eigenvalue weighted by atomic mass is 16.3. The SMILES string of the molecule is CC1C[C@@H](O)c2ccccc21. The molecule has 11 heavy (non-hydrogen) atoms. The fraction of sp³-hybridized carbons (Fsp3) is 0.400. The zero-order valence-corrected chi connectivity index (χ0v) is 6.62. The van der Waals surface area contributed by atoms with Crippen molar-refractivity contribution >= 4 is 0 Å². The first-order chi connectivity index (χ1) is 5.29. The molecule has 0 saturated carbocycles. The smallest absolute Gasteiger partial charge is 0.0798 e. The Morgan fingerprint density at radius 2 is 1.91 bits per heavy atom. The molecule has 1 nitrogen and oxygen atoms in total. The van der Waals surface area contributed by atoms with Crippen LogP contribution in [-0.4, -0.2) is 5.11 Å². The summed E-state index contributed by atoms with van der Waals surface area (Å²) in [6.07, 6.45) is 0.667. The second kappa shape index (κ2) is 2.35. The molecule has 0 aliphatic heterocycles. The second-order valence-electron chi connectivity index (χ2n) is 3.28. The van der Waals surface area contributed by atoms with Crippen LogP contribution in [0.15, 0.2) is 24.3 Å². The number of rotatable bonds is 0. The van der Waals surface area contributed by atoms with E-state index in [9.17, 15) is 5.11 Å². The standard InChI is InChI=1S/C10H12O/c1-7-6-10(11)9-5-3-2-4-8(7)9/h2-5,7,10-11H,6H2,1H3/t7?,10-/m1/s1. The van der Waals surface area contributed by atoms with Crippen LogP contribution in [0.5, 0.6) is 0 Å². The van der Waals surface area contributed by atoms with Gasteiger partial charge in [-0.05, 0) is 23.5 Å². The highest BCUT2D eigenvalue weighted by Crippen LogP contribution is 2.39. The number of fused-ring (bicyclic) bond motifs is 1. The third-order valence-corrected chi connectivity index (χ3v) is 2.46. The molecule has 1 N–H and O–H groups in total. The van der Waals surface area contributed by atoms with Crippen molar-refractivity contribution in [2.24, 2.45) is 0 Å². The van der Waals surface area contributed by atoms with Crippen LogP contribution in [0.3, 0.4) is 0 Å². The minimum atomic E-state index is -0.221. The molecular weight excluding hydrogens is 136 g/mol. The molecule has 58 valence electrons. The van der Waals surface area contributed by atoms with Crippen LogP contribution in [0, 0.1) is 0 Å². The zero-order valence-electron chi connectivity index (χ0n) is 6.62. The van der Waals surface area contributed by atoms with Crippen LogP contribution in [0.1, 0.15) is 36.5 Å². The Hall–Kier alpha value is -0.820. The van der Waals surface area contributed by atoms with E-state index in [1.165, 1.54) is 5.56 Å². The van der Waals surface area contributed by atoms with Crippen molar-refractivity contribution in [2.45, 2.75) is 25.4 Å². The first kappa shape index (κ1) is 6.86. The molecule has 0 amide bonds. The van der Waals surface area contributed by atoms with Gasteiger partial charge in [0, 0.05) is 0 Å². The van der Waals surface area contributed by atoms with Crippen LogP contribution in [0.25, 0.3) is 0 Å². The van der Waals surface area contributed by atoms with Crippen LogP contribution < -0.4 is 0 Å². The zero-order chi connectivity index (χ0) is 7.84. The summed E-state index contributed by atoms with van der Waals surface area (Å²) in [4.78, 5) is 0. The lowest BCUT2D eigenvalue weighted by Crippen LogP contribution is -1.88. The molecule has 0 saturated heterocycles. The monoisotopic (exact) mass is 148 g/mol. The summed E-state index contributed by atoms with van der Waals surface area (Å²) in [5.74, 6) is 0.529. The van der Waals surface area contributed by atoms with Gasteiger partial charge in [-0.2, -0.15) is 0 Å². The summed E-state index contributed by atoms with van der Waals surface area (Å²) >= 11 is 0. The number of hydrogen-bond acceptors (Lipinski definition) is 1. The van der Waals surface area contributed by atoms with E-state index in [-0.39, 0.29) is 6.10 Å². The van der Waals surface area contributed by atoms with Crippen molar-refractivity contribution in [1.82, 2.24) is 0 Å². The van der Waals surface area contributed by atoms with Gasteiger partial charge in [0.05, 0.1) is 6.10 Å². The number of aliphatic hydroxyl groups is 1. The number of hydrogen-bond donors (Lipinski definition) is 1. The van der Waals surface area contributed by atoms with Crippen molar-refractivity contribution in [2.75, 3.05) is 0 Å². The van der Waals surface area contributed by atoms with Crippen molar-refractivity contribution in [3.63, 3.8) is 0 Å². The van der Waals surface area contributed by atoms with Crippen LogP contribution in [-0.2, 0) is 0 Å². The Kier molecular flexibility index (Phi) is 1.46. The van der Waals surface area contributed by atoms with Crippen LogP contribution >= 0.6 is 0 Å². The Balaban J connectivity index is 2.52. The first-order valence-corrected chi connectivity index (χ1v) is 4.06. The lowest BCUT2D eigenvalue weighted by atomic mass is 10.0. The van der Waals surface area contributed by atoms with Gasteiger partial charge >= 0.3 is 0 Å². The molecule has 0 radical (unpaired) electrons. The van der Waals surface area contributed by atoms with E-state index in [2.05, 4.69) is 13.0 Å². The van der Waals surface area contributed by atoms with Crippen LogP contribution in [0.2, 0.25) is 0 Å². The molecule has 1 aliphatic rings. The van der Waals surface area contributed by atoms with Crippen molar-refractivity contribution < 1.29 is 5.11 Å². The molecule has 0 bridgehead atoms. The van der Waals surface area contributed by atoms with E-state index < -0.39 is 0 Å². The molecular formula is C10H12O. The molecule has 0 heterocycles.